The summed E-state index contributed by atoms with van der Waals surface area (Å²) in [6, 6.07) is 1.72. The van der Waals surface area contributed by atoms with Crippen LogP contribution < -0.4 is 5.73 Å². The van der Waals surface area contributed by atoms with Gasteiger partial charge in [0.05, 0.1) is 5.56 Å². The van der Waals surface area contributed by atoms with Crippen LogP contribution in [0.3, 0.4) is 0 Å². The summed E-state index contributed by atoms with van der Waals surface area (Å²) in [4.78, 5) is 27.6. The first-order chi connectivity index (χ1) is 12.1. The molecule has 1 aliphatic carbocycles. The molecule has 7 heteroatoms. The van der Waals surface area contributed by atoms with Crippen molar-refractivity contribution in [1.82, 2.24) is 15.1 Å². The van der Waals surface area contributed by atoms with Crippen molar-refractivity contribution in [3.05, 3.63) is 38.8 Å². The lowest BCUT2D eigenvalue weighted by atomic mass is 9.92. The lowest BCUT2D eigenvalue weighted by Crippen LogP contribution is -2.39. The van der Waals surface area contributed by atoms with Gasteiger partial charge in [0.25, 0.3) is 11.8 Å². The maximum Gasteiger partial charge on any atom is 0.269 e. The number of amides is 2. The number of nitrogens with two attached hydrogens (primary N) is 1. The summed E-state index contributed by atoms with van der Waals surface area (Å²) in [5, 5.41) is 8.93. The summed E-state index contributed by atoms with van der Waals surface area (Å²) < 4.78 is 0. The highest BCUT2D eigenvalue weighted by Crippen LogP contribution is 2.33. The van der Waals surface area contributed by atoms with Gasteiger partial charge in [0, 0.05) is 35.0 Å². The second-order valence-electron chi connectivity index (χ2n) is 6.92. The number of aromatic nitrogens is 2. The van der Waals surface area contributed by atoms with E-state index in [0.29, 0.717) is 6.54 Å². The van der Waals surface area contributed by atoms with Crippen LogP contribution in [-0.2, 0) is 12.8 Å². The average molecular weight is 358 g/mol. The van der Waals surface area contributed by atoms with E-state index in [1.165, 1.54) is 23.3 Å². The zero-order valence-corrected chi connectivity index (χ0v) is 14.9. The second-order valence-corrected chi connectivity index (χ2v) is 7.89. The number of hydrogen-bond acceptors (Lipinski definition) is 4. The van der Waals surface area contributed by atoms with Crippen LogP contribution in [0.25, 0.3) is 0 Å². The fraction of sp³-hybridized carbons (Fsp3) is 0.500. The molecule has 0 spiro atoms. The molecule has 2 aliphatic rings. The van der Waals surface area contributed by atoms with Crippen LogP contribution in [-0.4, -0.2) is 40.0 Å². The molecule has 2 aromatic heterocycles. The number of H-pyrrole nitrogens is 1. The fourth-order valence-corrected chi connectivity index (χ4v) is 5.05. The smallest absolute Gasteiger partial charge is 0.269 e. The van der Waals surface area contributed by atoms with Crippen molar-refractivity contribution in [2.24, 2.45) is 5.73 Å². The number of aromatic amines is 1. The third-order valence-electron chi connectivity index (χ3n) is 5.29. The van der Waals surface area contributed by atoms with Crippen LogP contribution >= 0.6 is 11.3 Å². The summed E-state index contributed by atoms with van der Waals surface area (Å²) in [6.45, 7) is 1.45. The van der Waals surface area contributed by atoms with Crippen LogP contribution in [0.2, 0.25) is 0 Å². The molecule has 2 amide bonds. The molecule has 132 valence electrons. The van der Waals surface area contributed by atoms with Crippen LogP contribution in [0.4, 0.5) is 0 Å². The Bertz CT molecular complexity index is 810. The highest BCUT2D eigenvalue weighted by Gasteiger charge is 2.29. The van der Waals surface area contributed by atoms with Crippen LogP contribution in [0, 0.1) is 0 Å². The zero-order valence-electron chi connectivity index (χ0n) is 14.1. The van der Waals surface area contributed by atoms with E-state index in [9.17, 15) is 9.59 Å². The van der Waals surface area contributed by atoms with E-state index in [-0.39, 0.29) is 17.5 Å². The summed E-state index contributed by atoms with van der Waals surface area (Å²) >= 11 is 1.73. The molecule has 0 aromatic carbocycles. The van der Waals surface area contributed by atoms with Gasteiger partial charge in [-0.1, -0.05) is 0 Å². The lowest BCUT2D eigenvalue weighted by molar-refractivity contribution is 0.0705. The topological polar surface area (TPSA) is 92.1 Å². The Balaban J connectivity index is 1.51. The Morgan fingerprint density at radius 3 is 2.92 bits per heavy atom. The van der Waals surface area contributed by atoms with Crippen molar-refractivity contribution < 1.29 is 9.59 Å². The number of primary amides is 1. The number of carbonyl (C=O) groups is 2. The van der Waals surface area contributed by atoms with Gasteiger partial charge < -0.3 is 10.6 Å². The van der Waals surface area contributed by atoms with Crippen molar-refractivity contribution >= 4 is 23.2 Å². The zero-order chi connectivity index (χ0) is 17.4. The number of likely N-dealkylation sites (tertiary alicyclic amines) is 1. The first kappa shape index (κ1) is 16.3. The van der Waals surface area contributed by atoms with Gasteiger partial charge in [0.15, 0.2) is 0 Å². The van der Waals surface area contributed by atoms with Gasteiger partial charge in [0.1, 0.15) is 5.69 Å². The number of thiophene rings is 1. The lowest BCUT2D eigenvalue weighted by Gasteiger charge is -2.32. The van der Waals surface area contributed by atoms with Gasteiger partial charge >= 0.3 is 0 Å². The van der Waals surface area contributed by atoms with Gasteiger partial charge in [-0.15, -0.1) is 11.3 Å². The third-order valence-corrected chi connectivity index (χ3v) is 6.38. The standard InChI is InChI=1S/C18H22N4O2S/c19-17(23)15-8-14(20-21-15)11-4-3-7-22(9-11)18(24)13-10-25-16-6-2-1-5-12(13)16/h8,10-11H,1-7,9H2,(H2,19,23)(H,20,21)/t11-/m0/s1. The van der Waals surface area contributed by atoms with E-state index in [4.69, 9.17) is 5.73 Å². The number of aryl methyl sites for hydroxylation is 1. The second kappa shape index (κ2) is 6.63. The number of nitrogens with zero attached hydrogens (tertiary/aromatic N) is 2. The van der Waals surface area contributed by atoms with Gasteiger partial charge in [-0.2, -0.15) is 5.10 Å². The number of carbonyl (C=O) groups excluding carboxylic acids is 2. The van der Waals surface area contributed by atoms with Crippen LogP contribution in [0.15, 0.2) is 11.4 Å². The Hall–Kier alpha value is -2.15. The molecule has 0 radical (unpaired) electrons. The number of fused-ring (bicyclic) bond motifs is 1. The van der Waals surface area contributed by atoms with Crippen molar-refractivity contribution in [2.75, 3.05) is 13.1 Å². The molecule has 1 saturated heterocycles. The van der Waals surface area contributed by atoms with E-state index < -0.39 is 5.91 Å². The molecule has 1 atom stereocenters. The predicted octanol–water partition coefficient (Wildman–Crippen LogP) is 2.47. The molecule has 1 aliphatic heterocycles. The molecule has 0 bridgehead atoms. The van der Waals surface area contributed by atoms with Crippen LogP contribution in [0.5, 0.6) is 0 Å². The first-order valence-electron chi connectivity index (χ1n) is 8.87. The van der Waals surface area contributed by atoms with Gasteiger partial charge in [-0.25, -0.2) is 0 Å². The molecular weight excluding hydrogens is 336 g/mol. The van der Waals surface area contributed by atoms with Crippen molar-refractivity contribution in [3.8, 4) is 0 Å². The Morgan fingerprint density at radius 2 is 2.12 bits per heavy atom. The maximum absolute atomic E-state index is 13.1. The predicted molar refractivity (Wildman–Crippen MR) is 95.9 cm³/mol. The summed E-state index contributed by atoms with van der Waals surface area (Å²) in [7, 11) is 0. The summed E-state index contributed by atoms with van der Waals surface area (Å²) in [5.74, 6) is -0.206. The van der Waals surface area contributed by atoms with E-state index in [2.05, 4.69) is 10.2 Å². The Labute approximate surface area is 150 Å². The number of piperidine rings is 1. The molecule has 0 saturated carbocycles. The maximum atomic E-state index is 13.1. The molecule has 2 aromatic rings. The molecule has 3 N–H and O–H groups in total. The SMILES string of the molecule is NC(=O)c1cc([C@H]2CCCN(C(=O)c3csc4c3CCCC4)C2)[nH]n1. The highest BCUT2D eigenvalue weighted by atomic mass is 32.1. The van der Waals surface area contributed by atoms with Crippen molar-refractivity contribution in [1.29, 1.82) is 0 Å². The van der Waals surface area contributed by atoms with Gasteiger partial charge in [-0.05, 0) is 50.2 Å². The molecule has 6 nitrogen and oxygen atoms in total. The normalized spacial score (nSPS) is 20.3. The van der Waals surface area contributed by atoms with E-state index in [1.807, 2.05) is 10.3 Å². The largest absolute Gasteiger partial charge is 0.364 e. The Morgan fingerprint density at radius 1 is 1.28 bits per heavy atom. The third kappa shape index (κ3) is 3.08. The molecule has 0 unspecified atom stereocenters. The van der Waals surface area contributed by atoms with E-state index in [1.54, 1.807) is 17.4 Å². The van der Waals surface area contributed by atoms with Gasteiger partial charge in [0.2, 0.25) is 0 Å². The van der Waals surface area contributed by atoms with Crippen molar-refractivity contribution in [3.63, 3.8) is 0 Å². The molecule has 4 rings (SSSR count). The molecule has 3 heterocycles. The number of hydrogen-bond donors (Lipinski definition) is 2. The minimum Gasteiger partial charge on any atom is -0.364 e. The Kier molecular flexibility index (Phi) is 4.33. The minimum atomic E-state index is -0.531. The monoisotopic (exact) mass is 358 g/mol. The minimum absolute atomic E-state index is 0.152. The number of nitrogens with one attached hydrogen (secondary N) is 1. The van der Waals surface area contributed by atoms with E-state index >= 15 is 0 Å². The summed E-state index contributed by atoms with van der Waals surface area (Å²) in [6.07, 6.45) is 6.48. The summed E-state index contributed by atoms with van der Waals surface area (Å²) in [5.41, 5.74) is 8.60. The first-order valence-corrected chi connectivity index (χ1v) is 9.75. The molecule has 1 fully saturated rings. The highest BCUT2D eigenvalue weighted by molar-refractivity contribution is 7.10. The van der Waals surface area contributed by atoms with Crippen molar-refractivity contribution in [2.45, 2.75) is 44.4 Å². The quantitative estimate of drug-likeness (QED) is 0.883. The molecule has 25 heavy (non-hydrogen) atoms. The molecular formula is C18H22N4O2S. The van der Waals surface area contributed by atoms with Gasteiger partial charge in [-0.3, -0.25) is 14.7 Å². The fourth-order valence-electron chi connectivity index (χ4n) is 3.93. The number of rotatable bonds is 3. The van der Waals surface area contributed by atoms with Crippen LogP contribution in [0.1, 0.15) is 68.6 Å². The van der Waals surface area contributed by atoms with E-state index in [0.717, 1.165) is 43.5 Å². The average Bonchev–Trinajstić information content (AvgIpc) is 3.28.